The zero-order valence-corrected chi connectivity index (χ0v) is 10.7. The summed E-state index contributed by atoms with van der Waals surface area (Å²) in [7, 11) is 0. The van der Waals surface area contributed by atoms with Crippen LogP contribution in [0.4, 0.5) is 0 Å². The fourth-order valence-corrected chi connectivity index (χ4v) is 3.13. The van der Waals surface area contributed by atoms with Gasteiger partial charge >= 0.3 is 0 Å². The lowest BCUT2D eigenvalue weighted by Crippen LogP contribution is -1.82. The molecule has 0 N–H and O–H groups in total. The number of carbonyl (C=O) groups excluding carboxylic acids is 1. The zero-order valence-electron chi connectivity index (χ0n) is 9.98. The van der Waals surface area contributed by atoms with Gasteiger partial charge < -0.3 is 0 Å². The van der Waals surface area contributed by atoms with Crippen molar-refractivity contribution in [2.75, 3.05) is 0 Å². The molecule has 0 radical (unpaired) electrons. The summed E-state index contributed by atoms with van der Waals surface area (Å²) in [6.45, 7) is 0. The van der Waals surface area contributed by atoms with Crippen LogP contribution in [0.15, 0.2) is 48.5 Å². The maximum atomic E-state index is 11.0. The lowest BCUT2D eigenvalue weighted by molar-refractivity contribution is 0.112. The van der Waals surface area contributed by atoms with Gasteiger partial charge in [0.25, 0.3) is 0 Å². The van der Waals surface area contributed by atoms with E-state index in [1.807, 2.05) is 42.5 Å². The Kier molecular flexibility index (Phi) is 2.09. The molecule has 4 rings (SSSR count). The molecule has 90 valence electrons. The zero-order chi connectivity index (χ0) is 13.0. The van der Waals surface area contributed by atoms with Crippen molar-refractivity contribution < 1.29 is 4.79 Å². The molecule has 0 aliphatic heterocycles. The van der Waals surface area contributed by atoms with Gasteiger partial charge in [-0.05, 0) is 39.8 Å². The predicted molar refractivity (Wildman–Crippen MR) is 78.8 cm³/mol. The van der Waals surface area contributed by atoms with Crippen LogP contribution in [0.25, 0.3) is 33.0 Å². The number of halogens is 1. The summed E-state index contributed by atoms with van der Waals surface area (Å²) in [5.74, 6) is 0. The van der Waals surface area contributed by atoms with Crippen LogP contribution < -0.4 is 0 Å². The molecule has 0 aromatic heterocycles. The van der Waals surface area contributed by atoms with Gasteiger partial charge in [-0.15, -0.1) is 0 Å². The molecule has 0 atom stereocenters. The summed E-state index contributed by atoms with van der Waals surface area (Å²) in [6.07, 6.45) is 0.885. The second kappa shape index (κ2) is 3.69. The average Bonchev–Trinajstić information content (AvgIpc) is 2.78. The van der Waals surface area contributed by atoms with E-state index in [4.69, 9.17) is 11.6 Å². The van der Waals surface area contributed by atoms with Gasteiger partial charge in [-0.1, -0.05) is 48.0 Å². The van der Waals surface area contributed by atoms with Gasteiger partial charge in [0, 0.05) is 16.0 Å². The summed E-state index contributed by atoms with van der Waals surface area (Å²) in [4.78, 5) is 11.0. The second-order valence-electron chi connectivity index (χ2n) is 4.75. The van der Waals surface area contributed by atoms with Crippen LogP contribution in [0.3, 0.4) is 0 Å². The van der Waals surface area contributed by atoms with E-state index in [1.165, 1.54) is 16.5 Å². The monoisotopic (exact) mass is 264 g/mol. The van der Waals surface area contributed by atoms with E-state index >= 15 is 0 Å². The molecule has 3 aromatic rings. The van der Waals surface area contributed by atoms with Crippen molar-refractivity contribution in [1.82, 2.24) is 0 Å². The van der Waals surface area contributed by atoms with Gasteiger partial charge in [0.2, 0.25) is 0 Å². The number of aldehydes is 1. The van der Waals surface area contributed by atoms with Crippen LogP contribution in [-0.4, -0.2) is 6.29 Å². The first-order chi connectivity index (χ1) is 9.29. The Morgan fingerprint density at radius 1 is 0.842 bits per heavy atom. The van der Waals surface area contributed by atoms with Crippen molar-refractivity contribution >= 4 is 28.7 Å². The Balaban J connectivity index is 2.20. The molecule has 0 fully saturated rings. The van der Waals surface area contributed by atoms with Crippen LogP contribution in [0.1, 0.15) is 10.4 Å². The van der Waals surface area contributed by atoms with Gasteiger partial charge in [0.1, 0.15) is 6.29 Å². The van der Waals surface area contributed by atoms with Crippen LogP contribution >= 0.6 is 11.6 Å². The van der Waals surface area contributed by atoms with Crippen molar-refractivity contribution in [3.63, 3.8) is 0 Å². The standard InChI is InChI=1S/C17H9ClO/c18-16-7-6-13-15-8-10(9-19)4-5-11(15)12-2-1-3-14(16)17(12)13/h1-9H. The summed E-state index contributed by atoms with van der Waals surface area (Å²) >= 11 is 6.27. The Labute approximate surface area is 115 Å². The minimum atomic E-state index is 0.703. The summed E-state index contributed by atoms with van der Waals surface area (Å²) in [5.41, 5.74) is 5.35. The van der Waals surface area contributed by atoms with Crippen molar-refractivity contribution in [3.8, 4) is 22.3 Å². The van der Waals surface area contributed by atoms with Crippen molar-refractivity contribution in [2.45, 2.75) is 0 Å². The SMILES string of the molecule is O=Cc1ccc2c(c1)-c1ccc(Cl)c3cccc-2c13. The smallest absolute Gasteiger partial charge is 0.150 e. The molecular formula is C17H9ClO. The minimum Gasteiger partial charge on any atom is -0.298 e. The number of hydrogen-bond acceptors (Lipinski definition) is 1. The quantitative estimate of drug-likeness (QED) is 0.445. The highest BCUT2D eigenvalue weighted by Crippen LogP contribution is 2.48. The number of fused-ring (bicyclic) bond motifs is 3. The van der Waals surface area contributed by atoms with Crippen molar-refractivity contribution in [1.29, 1.82) is 0 Å². The van der Waals surface area contributed by atoms with E-state index in [9.17, 15) is 4.79 Å². The molecule has 19 heavy (non-hydrogen) atoms. The first-order valence-electron chi connectivity index (χ1n) is 6.11. The van der Waals surface area contributed by atoms with Gasteiger partial charge in [0.05, 0.1) is 0 Å². The second-order valence-corrected chi connectivity index (χ2v) is 5.15. The molecule has 3 aromatic carbocycles. The molecule has 0 bridgehead atoms. The number of carbonyl (C=O) groups is 1. The minimum absolute atomic E-state index is 0.703. The highest BCUT2D eigenvalue weighted by atomic mass is 35.5. The van der Waals surface area contributed by atoms with Gasteiger partial charge in [-0.3, -0.25) is 4.79 Å². The first-order valence-corrected chi connectivity index (χ1v) is 6.48. The van der Waals surface area contributed by atoms with Gasteiger partial charge in [-0.2, -0.15) is 0 Å². The van der Waals surface area contributed by atoms with E-state index in [-0.39, 0.29) is 0 Å². The molecule has 0 amide bonds. The van der Waals surface area contributed by atoms with E-state index in [0.717, 1.165) is 27.8 Å². The molecule has 0 spiro atoms. The van der Waals surface area contributed by atoms with Crippen molar-refractivity contribution in [2.24, 2.45) is 0 Å². The molecule has 1 aliphatic carbocycles. The Morgan fingerprint density at radius 2 is 1.63 bits per heavy atom. The molecule has 1 aliphatic rings. The van der Waals surface area contributed by atoms with E-state index in [1.54, 1.807) is 0 Å². The maximum Gasteiger partial charge on any atom is 0.150 e. The van der Waals surface area contributed by atoms with Crippen LogP contribution in [0.2, 0.25) is 5.02 Å². The van der Waals surface area contributed by atoms with Crippen molar-refractivity contribution in [3.05, 3.63) is 59.1 Å². The third-order valence-electron chi connectivity index (χ3n) is 3.75. The molecule has 2 heteroatoms. The van der Waals surface area contributed by atoms with Gasteiger partial charge in [-0.25, -0.2) is 0 Å². The fraction of sp³-hybridized carbons (Fsp3) is 0. The Hall–Kier alpha value is -2.12. The molecule has 0 heterocycles. The molecule has 0 saturated heterocycles. The number of benzene rings is 3. The van der Waals surface area contributed by atoms with Crippen LogP contribution in [0, 0.1) is 0 Å². The maximum absolute atomic E-state index is 11.0. The van der Waals surface area contributed by atoms with Gasteiger partial charge in [0.15, 0.2) is 0 Å². The Morgan fingerprint density at radius 3 is 2.47 bits per heavy atom. The third kappa shape index (κ3) is 1.33. The summed E-state index contributed by atoms with van der Waals surface area (Å²) < 4.78 is 0. The fourth-order valence-electron chi connectivity index (χ4n) is 2.91. The Bertz CT molecular complexity index is 849. The van der Waals surface area contributed by atoms with E-state index in [0.29, 0.717) is 5.56 Å². The van der Waals surface area contributed by atoms with Crippen LogP contribution in [-0.2, 0) is 0 Å². The molecule has 1 nitrogen and oxygen atoms in total. The predicted octanol–water partition coefficient (Wildman–Crippen LogP) is 4.95. The molecular weight excluding hydrogens is 256 g/mol. The summed E-state index contributed by atoms with van der Waals surface area (Å²) in [6, 6.07) is 16.0. The molecule has 0 unspecified atom stereocenters. The lowest BCUT2D eigenvalue weighted by Gasteiger charge is -2.03. The topological polar surface area (TPSA) is 17.1 Å². The number of rotatable bonds is 1. The first kappa shape index (κ1) is 10.8. The highest BCUT2D eigenvalue weighted by molar-refractivity contribution is 6.37. The molecule has 0 saturated carbocycles. The van der Waals surface area contributed by atoms with Crippen LogP contribution in [0.5, 0.6) is 0 Å². The third-order valence-corrected chi connectivity index (χ3v) is 4.08. The number of hydrogen-bond donors (Lipinski definition) is 0. The largest absolute Gasteiger partial charge is 0.298 e. The summed E-state index contributed by atoms with van der Waals surface area (Å²) in [5, 5.41) is 3.03. The average molecular weight is 265 g/mol. The van der Waals surface area contributed by atoms with E-state index in [2.05, 4.69) is 6.07 Å². The highest BCUT2D eigenvalue weighted by Gasteiger charge is 2.21. The normalized spacial score (nSPS) is 11.6. The lowest BCUT2D eigenvalue weighted by atomic mass is 10.0. The van der Waals surface area contributed by atoms with E-state index < -0.39 is 0 Å².